The predicted octanol–water partition coefficient (Wildman–Crippen LogP) is 2.62. The summed E-state index contributed by atoms with van der Waals surface area (Å²) in [6, 6.07) is 13.2. The van der Waals surface area contributed by atoms with E-state index in [1.165, 1.54) is 12.1 Å². The quantitative estimate of drug-likeness (QED) is 0.816. The molecule has 5 nitrogen and oxygen atoms in total. The molecule has 2 rings (SSSR count). The second-order valence-corrected chi connectivity index (χ2v) is 7.73. The topological polar surface area (TPSA) is 72.5 Å². The van der Waals surface area contributed by atoms with Crippen molar-refractivity contribution in [1.29, 1.82) is 0 Å². The molecular weight excluding hydrogens is 350 g/mol. The molecule has 0 saturated heterocycles. The molecule has 128 valence electrons. The van der Waals surface area contributed by atoms with Crippen molar-refractivity contribution in [1.82, 2.24) is 5.32 Å². The minimum absolute atomic E-state index is 0.0268. The van der Waals surface area contributed by atoms with Crippen LogP contribution in [-0.2, 0) is 14.6 Å². The first-order chi connectivity index (χ1) is 11.4. The zero-order valence-corrected chi connectivity index (χ0v) is 14.7. The van der Waals surface area contributed by atoms with Crippen LogP contribution >= 0.6 is 11.6 Å². The van der Waals surface area contributed by atoms with Crippen molar-refractivity contribution in [2.75, 3.05) is 18.9 Å². The van der Waals surface area contributed by atoms with E-state index in [0.29, 0.717) is 10.8 Å². The van der Waals surface area contributed by atoms with Gasteiger partial charge in [-0.3, -0.25) is 4.79 Å². The van der Waals surface area contributed by atoms with Crippen molar-refractivity contribution in [2.45, 2.75) is 11.8 Å². The Balaban J connectivity index is 1.79. The number of aryl methyl sites for hydroxylation is 1. The Bertz CT molecular complexity index is 807. The molecule has 0 fully saturated rings. The average molecular weight is 368 g/mol. The molecule has 7 heteroatoms. The Morgan fingerprint density at radius 2 is 1.88 bits per heavy atom. The number of benzene rings is 2. The van der Waals surface area contributed by atoms with Crippen LogP contribution in [0.4, 0.5) is 0 Å². The van der Waals surface area contributed by atoms with E-state index < -0.39 is 9.84 Å². The summed E-state index contributed by atoms with van der Waals surface area (Å²) in [6.45, 7) is 1.67. The molecule has 0 bridgehead atoms. The van der Waals surface area contributed by atoms with Crippen LogP contribution < -0.4 is 10.1 Å². The van der Waals surface area contributed by atoms with Gasteiger partial charge in [-0.05, 0) is 42.8 Å². The Kier molecular flexibility index (Phi) is 6.23. The number of ether oxygens (including phenoxy) is 1. The third kappa shape index (κ3) is 5.25. The molecule has 0 atom stereocenters. The van der Waals surface area contributed by atoms with Gasteiger partial charge in [0.15, 0.2) is 16.4 Å². The predicted molar refractivity (Wildman–Crippen MR) is 93.2 cm³/mol. The van der Waals surface area contributed by atoms with Gasteiger partial charge in [0.05, 0.1) is 10.6 Å². The molecule has 0 radical (unpaired) electrons. The van der Waals surface area contributed by atoms with Crippen molar-refractivity contribution < 1.29 is 17.9 Å². The molecule has 0 aliphatic carbocycles. The maximum absolute atomic E-state index is 12.1. The molecular formula is C17H18ClNO4S. The summed E-state index contributed by atoms with van der Waals surface area (Å²) >= 11 is 5.85. The van der Waals surface area contributed by atoms with Gasteiger partial charge in [-0.15, -0.1) is 0 Å². The van der Waals surface area contributed by atoms with Crippen LogP contribution in [-0.4, -0.2) is 33.2 Å². The molecule has 0 unspecified atom stereocenters. The van der Waals surface area contributed by atoms with Crippen LogP contribution in [0.25, 0.3) is 0 Å². The van der Waals surface area contributed by atoms with Crippen molar-refractivity contribution in [2.24, 2.45) is 0 Å². The number of amides is 1. The number of carbonyl (C=O) groups is 1. The first kappa shape index (κ1) is 18.3. The zero-order chi connectivity index (χ0) is 17.6. The lowest BCUT2D eigenvalue weighted by molar-refractivity contribution is -0.122. The highest BCUT2D eigenvalue weighted by Gasteiger charge is 2.14. The first-order valence-corrected chi connectivity index (χ1v) is 9.35. The number of rotatable bonds is 7. The standard InChI is InChI=1S/C17H18ClNO4S/c1-13-11-14(18)7-8-16(13)23-12-17(20)19-9-10-24(21,22)15-5-3-2-4-6-15/h2-8,11H,9-10,12H2,1H3,(H,19,20). The summed E-state index contributed by atoms with van der Waals surface area (Å²) < 4.78 is 29.5. The third-order valence-corrected chi connectivity index (χ3v) is 5.26. The van der Waals surface area contributed by atoms with Crippen molar-refractivity contribution in [3.05, 3.63) is 59.1 Å². The molecule has 2 aromatic carbocycles. The van der Waals surface area contributed by atoms with Crippen molar-refractivity contribution in [3.63, 3.8) is 0 Å². The molecule has 0 aromatic heterocycles. The molecule has 0 heterocycles. The second-order valence-electron chi connectivity index (χ2n) is 5.18. The fourth-order valence-corrected chi connectivity index (χ4v) is 3.44. The van der Waals surface area contributed by atoms with Crippen LogP contribution in [0.3, 0.4) is 0 Å². The molecule has 24 heavy (non-hydrogen) atoms. The van der Waals surface area contributed by atoms with Gasteiger partial charge in [0.2, 0.25) is 0 Å². The van der Waals surface area contributed by atoms with E-state index in [-0.39, 0.29) is 29.7 Å². The molecule has 1 amide bonds. The lowest BCUT2D eigenvalue weighted by Gasteiger charge is -2.10. The molecule has 2 aromatic rings. The van der Waals surface area contributed by atoms with Crippen LogP contribution in [0.2, 0.25) is 5.02 Å². The van der Waals surface area contributed by atoms with E-state index >= 15 is 0 Å². The molecule has 0 aliphatic rings. The van der Waals surface area contributed by atoms with Gasteiger partial charge in [0.1, 0.15) is 5.75 Å². The fraction of sp³-hybridized carbons (Fsp3) is 0.235. The Morgan fingerprint density at radius 1 is 1.17 bits per heavy atom. The fourth-order valence-electron chi connectivity index (χ4n) is 2.04. The first-order valence-electron chi connectivity index (χ1n) is 7.32. The molecule has 0 saturated carbocycles. The number of hydrogen-bond acceptors (Lipinski definition) is 4. The Hall–Kier alpha value is -2.05. The lowest BCUT2D eigenvalue weighted by Crippen LogP contribution is -2.33. The minimum atomic E-state index is -3.40. The van der Waals surface area contributed by atoms with Gasteiger partial charge in [-0.25, -0.2) is 8.42 Å². The summed E-state index contributed by atoms with van der Waals surface area (Å²) in [7, 11) is -3.40. The summed E-state index contributed by atoms with van der Waals surface area (Å²) in [5.74, 6) is 0.0157. The van der Waals surface area contributed by atoms with E-state index in [2.05, 4.69) is 5.32 Å². The van der Waals surface area contributed by atoms with E-state index in [9.17, 15) is 13.2 Å². The van der Waals surface area contributed by atoms with Gasteiger partial charge in [0.25, 0.3) is 5.91 Å². The van der Waals surface area contributed by atoms with Crippen LogP contribution in [0.15, 0.2) is 53.4 Å². The molecule has 0 aliphatic heterocycles. The highest BCUT2D eigenvalue weighted by atomic mass is 35.5. The van der Waals surface area contributed by atoms with Gasteiger partial charge >= 0.3 is 0 Å². The SMILES string of the molecule is Cc1cc(Cl)ccc1OCC(=O)NCCS(=O)(=O)c1ccccc1. The number of carbonyl (C=O) groups excluding carboxylic acids is 1. The second kappa shape index (κ2) is 8.17. The van der Waals surface area contributed by atoms with E-state index in [1.807, 2.05) is 6.92 Å². The third-order valence-electron chi connectivity index (χ3n) is 3.29. The zero-order valence-electron chi connectivity index (χ0n) is 13.2. The van der Waals surface area contributed by atoms with Gasteiger partial charge < -0.3 is 10.1 Å². The van der Waals surface area contributed by atoms with E-state index in [4.69, 9.17) is 16.3 Å². The maximum Gasteiger partial charge on any atom is 0.257 e. The van der Waals surface area contributed by atoms with Crippen molar-refractivity contribution in [3.8, 4) is 5.75 Å². The average Bonchev–Trinajstić information content (AvgIpc) is 2.55. The number of hydrogen-bond donors (Lipinski definition) is 1. The highest BCUT2D eigenvalue weighted by Crippen LogP contribution is 2.21. The van der Waals surface area contributed by atoms with Gasteiger partial charge in [-0.1, -0.05) is 29.8 Å². The summed E-state index contributed by atoms with van der Waals surface area (Å²) in [6.07, 6.45) is 0. The van der Waals surface area contributed by atoms with Crippen LogP contribution in [0, 0.1) is 6.92 Å². The summed E-state index contributed by atoms with van der Waals surface area (Å²) in [4.78, 5) is 12.0. The highest BCUT2D eigenvalue weighted by molar-refractivity contribution is 7.91. The van der Waals surface area contributed by atoms with Gasteiger partial charge in [0, 0.05) is 11.6 Å². The van der Waals surface area contributed by atoms with E-state index in [0.717, 1.165) is 5.56 Å². The molecule has 0 spiro atoms. The van der Waals surface area contributed by atoms with Crippen LogP contribution in [0.1, 0.15) is 5.56 Å². The number of sulfone groups is 1. The van der Waals surface area contributed by atoms with Crippen molar-refractivity contribution >= 4 is 27.3 Å². The number of nitrogens with one attached hydrogen (secondary N) is 1. The monoisotopic (exact) mass is 367 g/mol. The molecule has 1 N–H and O–H groups in total. The minimum Gasteiger partial charge on any atom is -0.484 e. The maximum atomic E-state index is 12.1. The lowest BCUT2D eigenvalue weighted by atomic mass is 10.2. The summed E-state index contributed by atoms with van der Waals surface area (Å²) in [5.41, 5.74) is 0.821. The van der Waals surface area contributed by atoms with Crippen LogP contribution in [0.5, 0.6) is 5.75 Å². The normalized spacial score (nSPS) is 11.1. The largest absolute Gasteiger partial charge is 0.484 e. The number of halogens is 1. The van der Waals surface area contributed by atoms with Gasteiger partial charge in [-0.2, -0.15) is 0 Å². The van der Waals surface area contributed by atoms with E-state index in [1.54, 1.807) is 36.4 Å². The smallest absolute Gasteiger partial charge is 0.257 e. The summed E-state index contributed by atoms with van der Waals surface area (Å²) in [5, 5.41) is 3.13. The Labute approximate surface area is 146 Å². The Morgan fingerprint density at radius 3 is 2.54 bits per heavy atom.